The predicted molar refractivity (Wildman–Crippen MR) is 46.0 cm³/mol. The fraction of sp³-hybridized carbons (Fsp3) is 1.00. The molecule has 0 amide bonds. The molecule has 1 heterocycles. The lowest BCUT2D eigenvalue weighted by Gasteiger charge is -2.37. The zero-order valence-electron chi connectivity index (χ0n) is 7.23. The van der Waals surface area contributed by atoms with Crippen LogP contribution < -0.4 is 0 Å². The van der Waals surface area contributed by atoms with Crippen molar-refractivity contribution in [2.24, 2.45) is 0 Å². The third kappa shape index (κ3) is 2.05. The fourth-order valence-electron chi connectivity index (χ4n) is 1.39. The number of hydrogen-bond acceptors (Lipinski definition) is 4. The minimum absolute atomic E-state index is 0.528. The summed E-state index contributed by atoms with van der Waals surface area (Å²) in [6.45, 7) is 2.23. The normalized spacial score (nSPS) is 33.8. The Bertz CT molecular complexity index is 144. The minimum atomic E-state index is -2.03. The molecular formula is C7H16O4Si. The van der Waals surface area contributed by atoms with Crippen molar-refractivity contribution in [2.45, 2.75) is 37.1 Å². The minimum Gasteiger partial charge on any atom is -0.372 e. The molecular weight excluding hydrogens is 176 g/mol. The first-order valence-electron chi connectivity index (χ1n) is 4.29. The van der Waals surface area contributed by atoms with Crippen molar-refractivity contribution in [3.8, 4) is 0 Å². The molecule has 1 aliphatic rings. The number of rotatable bonds is 2. The number of aliphatic hydroxyl groups is 3. The number of aliphatic hydroxyl groups excluding tert-OH is 1. The van der Waals surface area contributed by atoms with E-state index in [1.54, 1.807) is 6.55 Å². The molecule has 72 valence electrons. The lowest BCUT2D eigenvalue weighted by Crippen LogP contribution is -2.54. The standard InChI is InChI=1S/C7H16O4Si/c1-12(6(8)9)7(10)4-2-3-5-11-7/h6,8-10,12H,2-5H2,1H3. The summed E-state index contributed by atoms with van der Waals surface area (Å²) in [6.07, 6.45) is 2.39. The second-order valence-electron chi connectivity index (χ2n) is 3.35. The molecule has 0 aromatic heterocycles. The van der Waals surface area contributed by atoms with Crippen molar-refractivity contribution in [3.05, 3.63) is 0 Å². The first-order valence-corrected chi connectivity index (χ1v) is 6.68. The first kappa shape index (κ1) is 10.1. The maximum absolute atomic E-state index is 9.83. The van der Waals surface area contributed by atoms with Gasteiger partial charge in [-0.1, -0.05) is 6.55 Å². The van der Waals surface area contributed by atoms with Crippen molar-refractivity contribution >= 4 is 8.80 Å². The van der Waals surface area contributed by atoms with Crippen LogP contribution in [0.15, 0.2) is 0 Å². The van der Waals surface area contributed by atoms with Crippen LogP contribution >= 0.6 is 0 Å². The fourth-order valence-corrected chi connectivity index (χ4v) is 2.90. The van der Waals surface area contributed by atoms with Crippen molar-refractivity contribution in [1.82, 2.24) is 0 Å². The molecule has 1 aliphatic heterocycles. The monoisotopic (exact) mass is 192 g/mol. The summed E-state index contributed by atoms with van der Waals surface area (Å²) in [5.74, 6) is -1.38. The smallest absolute Gasteiger partial charge is 0.172 e. The SMILES string of the molecule is C[SiH](C(O)O)C1(O)CCCCO1. The summed E-state index contributed by atoms with van der Waals surface area (Å²) in [7, 11) is -2.03. The molecule has 0 bridgehead atoms. The van der Waals surface area contributed by atoms with Gasteiger partial charge in [0.15, 0.2) is 14.2 Å². The molecule has 3 N–H and O–H groups in total. The van der Waals surface area contributed by atoms with Crippen molar-refractivity contribution in [2.75, 3.05) is 6.61 Å². The molecule has 4 nitrogen and oxygen atoms in total. The van der Waals surface area contributed by atoms with Gasteiger partial charge in [0.05, 0.1) is 0 Å². The highest BCUT2D eigenvalue weighted by Crippen LogP contribution is 2.25. The van der Waals surface area contributed by atoms with Crippen LogP contribution in [0.1, 0.15) is 19.3 Å². The van der Waals surface area contributed by atoms with Gasteiger partial charge in [-0.3, -0.25) is 0 Å². The molecule has 1 rings (SSSR count). The molecule has 0 spiro atoms. The molecule has 0 radical (unpaired) electrons. The van der Waals surface area contributed by atoms with Gasteiger partial charge in [0, 0.05) is 6.61 Å². The van der Waals surface area contributed by atoms with E-state index in [0.29, 0.717) is 13.0 Å². The highest BCUT2D eigenvalue weighted by molar-refractivity contribution is 6.60. The van der Waals surface area contributed by atoms with E-state index in [9.17, 15) is 5.11 Å². The van der Waals surface area contributed by atoms with Crippen molar-refractivity contribution < 1.29 is 20.1 Å². The van der Waals surface area contributed by atoms with E-state index >= 15 is 0 Å². The van der Waals surface area contributed by atoms with Crippen LogP contribution in [0.2, 0.25) is 6.55 Å². The maximum atomic E-state index is 9.83. The van der Waals surface area contributed by atoms with Gasteiger partial charge < -0.3 is 20.1 Å². The van der Waals surface area contributed by atoms with Crippen LogP contribution in [0.25, 0.3) is 0 Å². The number of hydrogen-bond donors (Lipinski definition) is 3. The molecule has 0 aliphatic carbocycles. The Hall–Kier alpha value is 0.0569. The lowest BCUT2D eigenvalue weighted by atomic mass is 10.2. The van der Waals surface area contributed by atoms with E-state index in [0.717, 1.165) is 12.8 Å². The molecule has 2 unspecified atom stereocenters. The van der Waals surface area contributed by atoms with Gasteiger partial charge in [-0.2, -0.15) is 0 Å². The van der Waals surface area contributed by atoms with E-state index in [1.165, 1.54) is 0 Å². The van der Waals surface area contributed by atoms with Gasteiger partial charge in [0.1, 0.15) is 5.91 Å². The summed E-state index contributed by atoms with van der Waals surface area (Å²) in [5, 5.41) is 27.7. The molecule has 1 saturated heterocycles. The Morgan fingerprint density at radius 1 is 1.42 bits per heavy atom. The Kier molecular flexibility index (Phi) is 3.25. The zero-order valence-corrected chi connectivity index (χ0v) is 8.39. The van der Waals surface area contributed by atoms with Gasteiger partial charge in [-0.25, -0.2) is 0 Å². The Balaban J connectivity index is 2.56. The average molecular weight is 192 g/mol. The first-order chi connectivity index (χ1) is 5.56. The summed E-state index contributed by atoms with van der Waals surface area (Å²) < 4.78 is 5.19. The van der Waals surface area contributed by atoms with Gasteiger partial charge >= 0.3 is 0 Å². The average Bonchev–Trinajstić information content (AvgIpc) is 2.04. The van der Waals surface area contributed by atoms with Crippen LogP contribution in [0, 0.1) is 0 Å². The largest absolute Gasteiger partial charge is 0.372 e. The Morgan fingerprint density at radius 3 is 2.50 bits per heavy atom. The highest BCUT2D eigenvalue weighted by atomic mass is 28.3. The molecule has 0 saturated carbocycles. The third-order valence-corrected chi connectivity index (χ3v) is 5.21. The van der Waals surface area contributed by atoms with E-state index in [1.807, 2.05) is 0 Å². The Morgan fingerprint density at radius 2 is 2.08 bits per heavy atom. The van der Waals surface area contributed by atoms with Crippen LogP contribution in [-0.2, 0) is 4.74 Å². The second kappa shape index (κ2) is 3.84. The van der Waals surface area contributed by atoms with Gasteiger partial charge in [-0.15, -0.1) is 0 Å². The van der Waals surface area contributed by atoms with E-state index < -0.39 is 20.1 Å². The quantitative estimate of drug-likeness (QED) is 0.392. The van der Waals surface area contributed by atoms with Crippen LogP contribution in [0.5, 0.6) is 0 Å². The molecule has 1 fully saturated rings. The summed E-state index contributed by atoms with van der Waals surface area (Å²) >= 11 is 0. The topological polar surface area (TPSA) is 69.9 Å². The van der Waals surface area contributed by atoms with Gasteiger partial charge in [-0.05, 0) is 19.3 Å². The lowest BCUT2D eigenvalue weighted by molar-refractivity contribution is -0.174. The van der Waals surface area contributed by atoms with Crippen molar-refractivity contribution in [1.29, 1.82) is 0 Å². The highest BCUT2D eigenvalue weighted by Gasteiger charge is 2.41. The maximum Gasteiger partial charge on any atom is 0.172 e. The molecule has 12 heavy (non-hydrogen) atoms. The van der Waals surface area contributed by atoms with Crippen LogP contribution in [-0.4, -0.2) is 42.0 Å². The molecule has 2 atom stereocenters. The predicted octanol–water partition coefficient (Wildman–Crippen LogP) is -0.879. The molecule has 5 heteroatoms. The van der Waals surface area contributed by atoms with Gasteiger partial charge in [0.25, 0.3) is 0 Å². The second-order valence-corrected chi connectivity index (χ2v) is 6.43. The van der Waals surface area contributed by atoms with E-state index in [4.69, 9.17) is 14.9 Å². The zero-order chi connectivity index (χ0) is 9.19. The van der Waals surface area contributed by atoms with Crippen LogP contribution in [0.3, 0.4) is 0 Å². The third-order valence-electron chi connectivity index (χ3n) is 2.44. The van der Waals surface area contributed by atoms with Crippen molar-refractivity contribution in [3.63, 3.8) is 0 Å². The Labute approximate surface area is 73.4 Å². The summed E-state index contributed by atoms with van der Waals surface area (Å²) in [4.78, 5) is 0. The number of ether oxygens (including phenoxy) is 1. The van der Waals surface area contributed by atoms with E-state index in [-0.39, 0.29) is 0 Å². The summed E-state index contributed by atoms with van der Waals surface area (Å²) in [5.41, 5.74) is -1.20. The summed E-state index contributed by atoms with van der Waals surface area (Å²) in [6, 6.07) is 0. The van der Waals surface area contributed by atoms with Crippen LogP contribution in [0.4, 0.5) is 0 Å². The van der Waals surface area contributed by atoms with Gasteiger partial charge in [0.2, 0.25) is 0 Å². The molecule has 0 aromatic carbocycles. The molecule has 0 aromatic rings. The van der Waals surface area contributed by atoms with E-state index in [2.05, 4.69) is 0 Å².